The van der Waals surface area contributed by atoms with Gasteiger partial charge in [-0.05, 0) is 30.3 Å². The minimum atomic E-state index is -1.28. The van der Waals surface area contributed by atoms with Gasteiger partial charge >= 0.3 is 5.97 Å². The molecule has 0 aliphatic rings. The van der Waals surface area contributed by atoms with E-state index in [2.05, 4.69) is 4.98 Å². The van der Waals surface area contributed by atoms with Crippen LogP contribution in [0.3, 0.4) is 0 Å². The van der Waals surface area contributed by atoms with E-state index >= 15 is 0 Å². The van der Waals surface area contributed by atoms with Crippen LogP contribution in [-0.2, 0) is 0 Å². The summed E-state index contributed by atoms with van der Waals surface area (Å²) in [7, 11) is 0. The van der Waals surface area contributed by atoms with Crippen molar-refractivity contribution in [1.82, 2.24) is 4.98 Å². The van der Waals surface area contributed by atoms with Crippen LogP contribution < -0.4 is 0 Å². The summed E-state index contributed by atoms with van der Waals surface area (Å²) < 4.78 is 13.4. The summed E-state index contributed by atoms with van der Waals surface area (Å²) in [6, 6.07) is 15.6. The largest absolute Gasteiger partial charge is 0.478 e. The Balaban J connectivity index is 1.94. The Morgan fingerprint density at radius 3 is 2.71 bits per heavy atom. The highest BCUT2D eigenvalue weighted by Gasteiger charge is 2.11. The molecule has 0 spiro atoms. The third-order valence-corrected chi connectivity index (χ3v) is 3.89. The van der Waals surface area contributed by atoms with E-state index in [-0.39, 0.29) is 5.56 Å². The van der Waals surface area contributed by atoms with Crippen LogP contribution in [0, 0.1) is 5.82 Å². The monoisotopic (exact) mass is 299 g/mol. The standard InChI is InChI=1S/C16H10FNO2S/c17-13-7-6-11(9-12(13)16(19)20)21-15-8-5-10-3-1-2-4-14(10)18-15/h1-9H,(H,19,20). The molecule has 1 N–H and O–H groups in total. The van der Waals surface area contributed by atoms with Gasteiger partial charge in [-0.25, -0.2) is 14.2 Å². The quantitative estimate of drug-likeness (QED) is 0.786. The lowest BCUT2D eigenvalue weighted by atomic mass is 10.2. The molecule has 0 saturated carbocycles. The Kier molecular flexibility index (Phi) is 3.58. The van der Waals surface area contributed by atoms with Gasteiger partial charge in [0.25, 0.3) is 0 Å². The van der Waals surface area contributed by atoms with Gasteiger partial charge in [-0.15, -0.1) is 0 Å². The van der Waals surface area contributed by atoms with Crippen LogP contribution in [0.15, 0.2) is 64.5 Å². The van der Waals surface area contributed by atoms with Crippen LogP contribution in [0.25, 0.3) is 10.9 Å². The van der Waals surface area contributed by atoms with Crippen molar-refractivity contribution in [3.63, 3.8) is 0 Å². The van der Waals surface area contributed by atoms with Crippen molar-refractivity contribution in [2.24, 2.45) is 0 Å². The third-order valence-electron chi connectivity index (χ3n) is 2.96. The minimum absolute atomic E-state index is 0.333. The van der Waals surface area contributed by atoms with Crippen LogP contribution in [0.5, 0.6) is 0 Å². The molecule has 5 heteroatoms. The number of carboxylic acids is 1. The fraction of sp³-hybridized carbons (Fsp3) is 0. The molecule has 0 radical (unpaired) electrons. The molecule has 3 aromatic rings. The molecule has 0 saturated heterocycles. The molecule has 0 aliphatic heterocycles. The van der Waals surface area contributed by atoms with Crippen molar-refractivity contribution in [2.75, 3.05) is 0 Å². The number of rotatable bonds is 3. The average molecular weight is 299 g/mol. The van der Waals surface area contributed by atoms with Gasteiger partial charge in [-0.2, -0.15) is 0 Å². The highest BCUT2D eigenvalue weighted by atomic mass is 32.2. The molecule has 2 aromatic carbocycles. The number of hydrogen-bond acceptors (Lipinski definition) is 3. The van der Waals surface area contributed by atoms with E-state index in [4.69, 9.17) is 5.11 Å². The molecular formula is C16H10FNO2S. The van der Waals surface area contributed by atoms with Gasteiger partial charge in [0.1, 0.15) is 10.8 Å². The third kappa shape index (κ3) is 2.87. The van der Waals surface area contributed by atoms with E-state index < -0.39 is 11.8 Å². The molecule has 1 heterocycles. The van der Waals surface area contributed by atoms with E-state index in [1.165, 1.54) is 17.8 Å². The number of aromatic carboxylic acids is 1. The number of benzene rings is 2. The molecule has 0 unspecified atom stereocenters. The van der Waals surface area contributed by atoms with Crippen molar-refractivity contribution >= 4 is 28.6 Å². The molecule has 0 atom stereocenters. The Morgan fingerprint density at radius 2 is 1.90 bits per heavy atom. The van der Waals surface area contributed by atoms with Gasteiger partial charge in [0, 0.05) is 10.3 Å². The molecule has 0 fully saturated rings. The topological polar surface area (TPSA) is 50.2 Å². The second-order valence-electron chi connectivity index (χ2n) is 4.39. The lowest BCUT2D eigenvalue weighted by molar-refractivity contribution is 0.0691. The number of aromatic nitrogens is 1. The number of carbonyl (C=O) groups is 1. The first-order chi connectivity index (χ1) is 10.1. The van der Waals surface area contributed by atoms with Crippen LogP contribution in [-0.4, -0.2) is 16.1 Å². The van der Waals surface area contributed by atoms with E-state index in [0.29, 0.717) is 4.90 Å². The molecule has 3 nitrogen and oxygen atoms in total. The lowest BCUT2D eigenvalue weighted by Crippen LogP contribution is -2.00. The number of hydrogen-bond donors (Lipinski definition) is 1. The van der Waals surface area contributed by atoms with Gasteiger partial charge in [0.2, 0.25) is 0 Å². The maximum Gasteiger partial charge on any atom is 0.338 e. The number of pyridine rings is 1. The highest BCUT2D eigenvalue weighted by Crippen LogP contribution is 2.29. The lowest BCUT2D eigenvalue weighted by Gasteiger charge is -2.04. The smallest absolute Gasteiger partial charge is 0.338 e. The second-order valence-corrected chi connectivity index (χ2v) is 5.48. The van der Waals surface area contributed by atoms with Crippen LogP contribution in [0.2, 0.25) is 0 Å². The van der Waals surface area contributed by atoms with Crippen LogP contribution in [0.4, 0.5) is 4.39 Å². The first-order valence-corrected chi connectivity index (χ1v) is 7.01. The maximum absolute atomic E-state index is 13.4. The van der Waals surface area contributed by atoms with Crippen molar-refractivity contribution in [1.29, 1.82) is 0 Å². The van der Waals surface area contributed by atoms with Gasteiger partial charge in [0.15, 0.2) is 0 Å². The Morgan fingerprint density at radius 1 is 1.10 bits per heavy atom. The Bertz CT molecular complexity index is 835. The summed E-state index contributed by atoms with van der Waals surface area (Å²) in [4.78, 5) is 16.1. The highest BCUT2D eigenvalue weighted by molar-refractivity contribution is 7.99. The molecule has 0 bridgehead atoms. The predicted molar refractivity (Wildman–Crippen MR) is 79.2 cm³/mol. The molecular weight excluding hydrogens is 289 g/mol. The molecule has 3 rings (SSSR count). The second kappa shape index (κ2) is 5.54. The normalized spacial score (nSPS) is 10.7. The van der Waals surface area contributed by atoms with Crippen LogP contribution >= 0.6 is 11.8 Å². The van der Waals surface area contributed by atoms with Crippen molar-refractivity contribution in [3.8, 4) is 0 Å². The summed E-state index contributed by atoms with van der Waals surface area (Å²) in [6.07, 6.45) is 0. The van der Waals surface area contributed by atoms with Crippen molar-refractivity contribution < 1.29 is 14.3 Å². The van der Waals surface area contributed by atoms with Crippen molar-refractivity contribution in [3.05, 3.63) is 66.0 Å². The predicted octanol–water partition coefficient (Wildman–Crippen LogP) is 4.22. The summed E-state index contributed by atoms with van der Waals surface area (Å²) >= 11 is 1.30. The molecule has 1 aromatic heterocycles. The number of para-hydroxylation sites is 1. The van der Waals surface area contributed by atoms with Crippen LogP contribution in [0.1, 0.15) is 10.4 Å². The molecule has 104 valence electrons. The zero-order valence-corrected chi connectivity index (χ0v) is 11.6. The van der Waals surface area contributed by atoms with E-state index in [9.17, 15) is 9.18 Å². The summed E-state index contributed by atoms with van der Waals surface area (Å²) in [5, 5.41) is 10.7. The minimum Gasteiger partial charge on any atom is -0.478 e. The number of carboxylic acid groups (broad SMARTS) is 1. The average Bonchev–Trinajstić information content (AvgIpc) is 2.49. The fourth-order valence-electron chi connectivity index (χ4n) is 1.96. The Hall–Kier alpha value is -2.40. The molecule has 0 aliphatic carbocycles. The fourth-order valence-corrected chi connectivity index (χ4v) is 2.79. The first-order valence-electron chi connectivity index (χ1n) is 6.20. The zero-order chi connectivity index (χ0) is 14.8. The summed E-state index contributed by atoms with van der Waals surface area (Å²) in [5.74, 6) is -2.01. The van der Waals surface area contributed by atoms with Crippen molar-refractivity contribution in [2.45, 2.75) is 9.92 Å². The number of fused-ring (bicyclic) bond motifs is 1. The maximum atomic E-state index is 13.4. The molecule has 0 amide bonds. The summed E-state index contributed by atoms with van der Waals surface area (Å²) in [5.41, 5.74) is 0.531. The van der Waals surface area contributed by atoms with Gasteiger partial charge in [-0.3, -0.25) is 0 Å². The van der Waals surface area contributed by atoms with E-state index in [1.807, 2.05) is 36.4 Å². The van der Waals surface area contributed by atoms with Gasteiger partial charge in [0.05, 0.1) is 11.1 Å². The number of nitrogens with zero attached hydrogens (tertiary/aromatic N) is 1. The Labute approximate surface area is 124 Å². The summed E-state index contributed by atoms with van der Waals surface area (Å²) in [6.45, 7) is 0. The number of halogens is 1. The molecule has 21 heavy (non-hydrogen) atoms. The van der Waals surface area contributed by atoms with Gasteiger partial charge in [-0.1, -0.05) is 36.0 Å². The SMILES string of the molecule is O=C(O)c1cc(Sc2ccc3ccccc3n2)ccc1F. The van der Waals surface area contributed by atoms with Gasteiger partial charge < -0.3 is 5.11 Å². The van der Waals surface area contributed by atoms with E-state index in [1.54, 1.807) is 6.07 Å². The van der Waals surface area contributed by atoms with E-state index in [0.717, 1.165) is 22.0 Å². The first kappa shape index (κ1) is 13.6. The zero-order valence-electron chi connectivity index (χ0n) is 10.8.